The highest BCUT2D eigenvalue weighted by atomic mass is 16.2. The number of carbonyl (C=O) groups is 1. The first kappa shape index (κ1) is 11.0. The lowest BCUT2D eigenvalue weighted by atomic mass is 10.2. The topological polar surface area (TPSA) is 58.1 Å². The van der Waals surface area contributed by atoms with Crippen molar-refractivity contribution in [2.75, 3.05) is 20.1 Å². The van der Waals surface area contributed by atoms with Crippen LogP contribution in [-0.2, 0) is 0 Å². The van der Waals surface area contributed by atoms with E-state index in [4.69, 9.17) is 0 Å². The van der Waals surface area contributed by atoms with Crippen molar-refractivity contribution >= 4 is 5.91 Å². The minimum Gasteiger partial charge on any atom is -0.334 e. The Kier molecular flexibility index (Phi) is 3.46. The van der Waals surface area contributed by atoms with Crippen molar-refractivity contribution in [2.24, 2.45) is 0 Å². The maximum atomic E-state index is 12.2. The summed E-state index contributed by atoms with van der Waals surface area (Å²) >= 11 is 0. The largest absolute Gasteiger partial charge is 0.334 e. The summed E-state index contributed by atoms with van der Waals surface area (Å²) in [6.45, 7) is 1.69. The third-order valence-corrected chi connectivity index (χ3v) is 2.91. The average Bonchev–Trinajstić information content (AvgIpc) is 2.78. The van der Waals surface area contributed by atoms with E-state index in [1.54, 1.807) is 12.3 Å². The molecule has 2 heterocycles. The SMILES string of the molecule is CNCC1CCCN1C(=O)c1ccnnc1. The Hall–Kier alpha value is -1.49. The second-order valence-corrected chi connectivity index (χ2v) is 3.98. The van der Waals surface area contributed by atoms with Gasteiger partial charge in [-0.1, -0.05) is 0 Å². The molecule has 2 rings (SSSR count). The quantitative estimate of drug-likeness (QED) is 0.796. The van der Waals surface area contributed by atoms with Gasteiger partial charge in [-0.15, -0.1) is 0 Å². The Morgan fingerprint density at radius 3 is 3.19 bits per heavy atom. The molecule has 0 saturated carbocycles. The summed E-state index contributed by atoms with van der Waals surface area (Å²) in [5.74, 6) is 0.0626. The number of rotatable bonds is 3. The maximum absolute atomic E-state index is 12.2. The smallest absolute Gasteiger partial charge is 0.255 e. The predicted octanol–water partition coefficient (Wildman–Crippen LogP) is 0.301. The monoisotopic (exact) mass is 220 g/mol. The van der Waals surface area contributed by atoms with Crippen LogP contribution in [0.5, 0.6) is 0 Å². The predicted molar refractivity (Wildman–Crippen MR) is 60.0 cm³/mol. The number of hydrogen-bond acceptors (Lipinski definition) is 4. The van der Waals surface area contributed by atoms with Gasteiger partial charge in [0.05, 0.1) is 18.0 Å². The molecule has 0 spiro atoms. The first-order valence-electron chi connectivity index (χ1n) is 5.55. The van der Waals surface area contributed by atoms with Gasteiger partial charge in [0.1, 0.15) is 0 Å². The van der Waals surface area contributed by atoms with Crippen molar-refractivity contribution in [3.05, 3.63) is 24.0 Å². The zero-order chi connectivity index (χ0) is 11.4. The van der Waals surface area contributed by atoms with E-state index >= 15 is 0 Å². The molecule has 1 fully saturated rings. The normalized spacial score (nSPS) is 20.1. The van der Waals surface area contributed by atoms with Gasteiger partial charge >= 0.3 is 0 Å². The Balaban J connectivity index is 2.09. The van der Waals surface area contributed by atoms with Crippen LogP contribution in [-0.4, -0.2) is 47.2 Å². The molecule has 1 aliphatic heterocycles. The third kappa shape index (κ3) is 2.19. The molecule has 5 heteroatoms. The molecule has 1 saturated heterocycles. The number of nitrogens with zero attached hydrogens (tertiary/aromatic N) is 3. The Bertz CT molecular complexity index is 354. The molecule has 1 aliphatic rings. The molecule has 16 heavy (non-hydrogen) atoms. The lowest BCUT2D eigenvalue weighted by Crippen LogP contribution is -2.40. The molecule has 5 nitrogen and oxygen atoms in total. The molecule has 0 radical (unpaired) electrons. The van der Waals surface area contributed by atoms with Crippen LogP contribution in [0.4, 0.5) is 0 Å². The Labute approximate surface area is 94.9 Å². The van der Waals surface area contributed by atoms with Crippen LogP contribution >= 0.6 is 0 Å². The zero-order valence-electron chi connectivity index (χ0n) is 9.39. The van der Waals surface area contributed by atoms with Crippen molar-refractivity contribution in [1.82, 2.24) is 20.4 Å². The van der Waals surface area contributed by atoms with Gasteiger partial charge in [-0.3, -0.25) is 4.79 Å². The second-order valence-electron chi connectivity index (χ2n) is 3.98. The van der Waals surface area contributed by atoms with Gasteiger partial charge in [-0.2, -0.15) is 10.2 Å². The fraction of sp³-hybridized carbons (Fsp3) is 0.545. The summed E-state index contributed by atoms with van der Waals surface area (Å²) in [4.78, 5) is 14.1. The average molecular weight is 220 g/mol. The number of likely N-dealkylation sites (tertiary alicyclic amines) is 1. The summed E-state index contributed by atoms with van der Waals surface area (Å²) in [7, 11) is 1.91. The second kappa shape index (κ2) is 5.03. The van der Waals surface area contributed by atoms with Crippen molar-refractivity contribution in [3.63, 3.8) is 0 Å². The lowest BCUT2D eigenvalue weighted by Gasteiger charge is -2.24. The molecule has 1 aromatic heterocycles. The number of amides is 1. The highest BCUT2D eigenvalue weighted by Crippen LogP contribution is 2.18. The third-order valence-electron chi connectivity index (χ3n) is 2.91. The zero-order valence-corrected chi connectivity index (χ0v) is 9.39. The molecule has 1 N–H and O–H groups in total. The van der Waals surface area contributed by atoms with E-state index in [1.807, 2.05) is 11.9 Å². The van der Waals surface area contributed by atoms with Gasteiger partial charge in [0.15, 0.2) is 0 Å². The van der Waals surface area contributed by atoms with Crippen LogP contribution in [0.3, 0.4) is 0 Å². The van der Waals surface area contributed by atoms with Gasteiger partial charge in [-0.05, 0) is 26.0 Å². The number of carbonyl (C=O) groups excluding carboxylic acids is 1. The summed E-state index contributed by atoms with van der Waals surface area (Å²) in [6, 6.07) is 2.02. The first-order valence-corrected chi connectivity index (χ1v) is 5.55. The number of likely N-dealkylation sites (N-methyl/N-ethyl adjacent to an activating group) is 1. The molecule has 1 amide bonds. The lowest BCUT2D eigenvalue weighted by molar-refractivity contribution is 0.0736. The molecule has 1 unspecified atom stereocenters. The fourth-order valence-corrected chi connectivity index (χ4v) is 2.13. The molecule has 0 bridgehead atoms. The summed E-state index contributed by atoms with van der Waals surface area (Å²) in [5, 5.41) is 10.5. The minimum absolute atomic E-state index is 0.0626. The number of hydrogen-bond donors (Lipinski definition) is 1. The van der Waals surface area contributed by atoms with Crippen LogP contribution in [0.25, 0.3) is 0 Å². The molecule has 1 aromatic rings. The first-order chi connectivity index (χ1) is 7.83. The van der Waals surface area contributed by atoms with Gasteiger partial charge in [0, 0.05) is 19.1 Å². The molecule has 0 aliphatic carbocycles. The van der Waals surface area contributed by atoms with E-state index in [0.29, 0.717) is 11.6 Å². The number of nitrogens with one attached hydrogen (secondary N) is 1. The van der Waals surface area contributed by atoms with Gasteiger partial charge in [-0.25, -0.2) is 0 Å². The van der Waals surface area contributed by atoms with Crippen molar-refractivity contribution in [2.45, 2.75) is 18.9 Å². The van der Waals surface area contributed by atoms with Gasteiger partial charge in [0.25, 0.3) is 5.91 Å². The van der Waals surface area contributed by atoms with Crippen LogP contribution in [0.2, 0.25) is 0 Å². The van der Waals surface area contributed by atoms with E-state index < -0.39 is 0 Å². The van der Waals surface area contributed by atoms with Gasteiger partial charge in [0.2, 0.25) is 0 Å². The van der Waals surface area contributed by atoms with Crippen LogP contribution in [0, 0.1) is 0 Å². The van der Waals surface area contributed by atoms with Crippen molar-refractivity contribution in [1.29, 1.82) is 0 Å². The van der Waals surface area contributed by atoms with E-state index in [1.165, 1.54) is 6.20 Å². The summed E-state index contributed by atoms with van der Waals surface area (Å²) in [6.07, 6.45) is 5.23. The van der Waals surface area contributed by atoms with E-state index in [9.17, 15) is 4.79 Å². The van der Waals surface area contributed by atoms with Gasteiger partial charge < -0.3 is 10.2 Å². The van der Waals surface area contributed by atoms with E-state index in [0.717, 1.165) is 25.9 Å². The van der Waals surface area contributed by atoms with Crippen LogP contribution in [0.15, 0.2) is 18.5 Å². The summed E-state index contributed by atoms with van der Waals surface area (Å²) in [5.41, 5.74) is 0.623. The number of aromatic nitrogens is 2. The van der Waals surface area contributed by atoms with Crippen LogP contribution in [0.1, 0.15) is 23.2 Å². The molecule has 86 valence electrons. The Morgan fingerprint density at radius 1 is 1.62 bits per heavy atom. The molecule has 0 aromatic carbocycles. The van der Waals surface area contributed by atoms with Crippen LogP contribution < -0.4 is 5.32 Å². The highest BCUT2D eigenvalue weighted by Gasteiger charge is 2.28. The molecular formula is C11H16N4O. The van der Waals surface area contributed by atoms with E-state index in [2.05, 4.69) is 15.5 Å². The summed E-state index contributed by atoms with van der Waals surface area (Å²) < 4.78 is 0. The van der Waals surface area contributed by atoms with Crippen molar-refractivity contribution in [3.8, 4) is 0 Å². The van der Waals surface area contributed by atoms with E-state index in [-0.39, 0.29) is 5.91 Å². The molecule has 1 atom stereocenters. The van der Waals surface area contributed by atoms with Crippen molar-refractivity contribution < 1.29 is 4.79 Å². The molecular weight excluding hydrogens is 204 g/mol. The fourth-order valence-electron chi connectivity index (χ4n) is 2.13. The standard InChI is InChI=1S/C11H16N4O/c1-12-8-10-3-2-6-15(10)11(16)9-4-5-13-14-7-9/h4-5,7,10,12H,2-3,6,8H2,1H3. The Morgan fingerprint density at radius 2 is 2.50 bits per heavy atom. The minimum atomic E-state index is 0.0626. The highest BCUT2D eigenvalue weighted by molar-refractivity contribution is 5.94. The maximum Gasteiger partial charge on any atom is 0.255 e.